The molecule has 180 valence electrons. The molecule has 1 aliphatic heterocycles. The molecule has 2 N–H and O–H groups in total. The Bertz CT molecular complexity index is 1080. The predicted octanol–water partition coefficient (Wildman–Crippen LogP) is 4.38. The highest BCUT2D eigenvalue weighted by molar-refractivity contribution is 14.0. The lowest BCUT2D eigenvalue weighted by atomic mass is 9.99. The molecule has 2 heterocycles. The van der Waals surface area contributed by atoms with Crippen LogP contribution in [0, 0.1) is 0 Å². The third-order valence-electron chi connectivity index (χ3n) is 5.66. The Morgan fingerprint density at radius 2 is 1.85 bits per heavy atom. The summed E-state index contributed by atoms with van der Waals surface area (Å²) in [4.78, 5) is 23.7. The fourth-order valence-corrected chi connectivity index (χ4v) is 3.91. The van der Waals surface area contributed by atoms with Crippen molar-refractivity contribution in [1.29, 1.82) is 0 Å². The van der Waals surface area contributed by atoms with Gasteiger partial charge in [0.15, 0.2) is 5.96 Å². The third-order valence-corrected chi connectivity index (χ3v) is 5.66. The molecule has 0 bridgehead atoms. The van der Waals surface area contributed by atoms with E-state index in [0.717, 1.165) is 43.7 Å². The second kappa shape index (κ2) is 13.1. The van der Waals surface area contributed by atoms with Crippen molar-refractivity contribution >= 4 is 35.8 Å². The van der Waals surface area contributed by atoms with Gasteiger partial charge in [-0.15, -0.1) is 24.0 Å². The van der Waals surface area contributed by atoms with Crippen molar-refractivity contribution in [3.05, 3.63) is 77.7 Å². The van der Waals surface area contributed by atoms with Crippen LogP contribution in [0.15, 0.2) is 70.3 Å². The quantitative estimate of drug-likeness (QED) is 0.181. The summed E-state index contributed by atoms with van der Waals surface area (Å²) in [6.07, 6.45) is 3.86. The molecule has 0 saturated carbocycles. The van der Waals surface area contributed by atoms with E-state index < -0.39 is 0 Å². The second-order valence-electron chi connectivity index (χ2n) is 8.07. The van der Waals surface area contributed by atoms with Crippen LogP contribution in [0.3, 0.4) is 0 Å². The van der Waals surface area contributed by atoms with Crippen LogP contribution in [0.5, 0.6) is 0 Å². The lowest BCUT2D eigenvalue weighted by Crippen LogP contribution is -2.39. The van der Waals surface area contributed by atoms with E-state index in [1.165, 1.54) is 11.1 Å². The Hall–Kier alpha value is -2.88. The second-order valence-corrected chi connectivity index (χ2v) is 8.07. The first-order valence-electron chi connectivity index (χ1n) is 11.6. The number of amides is 1. The lowest BCUT2D eigenvalue weighted by molar-refractivity contribution is -0.132. The van der Waals surface area contributed by atoms with Gasteiger partial charge in [0.05, 0.1) is 6.54 Å². The molecule has 0 unspecified atom stereocenters. The maximum absolute atomic E-state index is 12.6. The van der Waals surface area contributed by atoms with Gasteiger partial charge in [0.25, 0.3) is 0 Å². The molecule has 2 aromatic carbocycles. The van der Waals surface area contributed by atoms with Gasteiger partial charge in [-0.25, -0.2) is 9.98 Å². The normalized spacial score (nSPS) is 13.1. The van der Waals surface area contributed by atoms with Crippen molar-refractivity contribution < 1.29 is 9.21 Å². The molecule has 8 heteroatoms. The van der Waals surface area contributed by atoms with E-state index in [1.54, 1.807) is 6.26 Å². The number of oxazole rings is 1. The van der Waals surface area contributed by atoms with Crippen molar-refractivity contribution in [1.82, 2.24) is 20.5 Å². The first kappa shape index (κ1) is 25.7. The van der Waals surface area contributed by atoms with Gasteiger partial charge in [-0.1, -0.05) is 42.5 Å². The predicted molar refractivity (Wildman–Crippen MR) is 145 cm³/mol. The average Bonchev–Trinajstić information content (AvgIpc) is 3.34. The molecule has 7 nitrogen and oxygen atoms in total. The van der Waals surface area contributed by atoms with Crippen molar-refractivity contribution in [2.75, 3.05) is 19.6 Å². The van der Waals surface area contributed by atoms with Crippen molar-refractivity contribution in [3.8, 4) is 11.5 Å². The largest absolute Gasteiger partial charge is 0.444 e. The minimum atomic E-state index is 0. The van der Waals surface area contributed by atoms with Crippen LogP contribution in [0.25, 0.3) is 11.5 Å². The number of fused-ring (bicyclic) bond motifs is 1. The van der Waals surface area contributed by atoms with E-state index in [-0.39, 0.29) is 29.9 Å². The molecule has 0 fully saturated rings. The fraction of sp³-hybridized carbons (Fsp3) is 0.346. The molecule has 0 spiro atoms. The summed E-state index contributed by atoms with van der Waals surface area (Å²) in [7, 11) is 0. The molecule has 34 heavy (non-hydrogen) atoms. The van der Waals surface area contributed by atoms with Crippen molar-refractivity contribution in [2.45, 2.75) is 39.3 Å². The number of aliphatic imine (C=N–C) groups is 1. The van der Waals surface area contributed by atoms with Gasteiger partial charge >= 0.3 is 0 Å². The Kier molecular flexibility index (Phi) is 9.93. The monoisotopic (exact) mass is 573 g/mol. The molecule has 0 radical (unpaired) electrons. The number of hydrogen-bond acceptors (Lipinski definition) is 4. The molecule has 1 aliphatic rings. The van der Waals surface area contributed by atoms with Crippen molar-refractivity contribution in [2.24, 2.45) is 4.99 Å². The minimum Gasteiger partial charge on any atom is -0.444 e. The summed E-state index contributed by atoms with van der Waals surface area (Å²) in [6.45, 7) is 5.39. The molecular weight excluding hydrogens is 541 g/mol. The topological polar surface area (TPSA) is 82.8 Å². The Labute approximate surface area is 218 Å². The number of aromatic nitrogens is 1. The highest BCUT2D eigenvalue weighted by Gasteiger charge is 2.19. The maximum Gasteiger partial charge on any atom is 0.226 e. The third kappa shape index (κ3) is 7.06. The molecule has 3 aromatic rings. The van der Waals surface area contributed by atoms with Crippen LogP contribution in [0.1, 0.15) is 36.6 Å². The van der Waals surface area contributed by atoms with Gasteiger partial charge in [-0.3, -0.25) is 4.79 Å². The zero-order valence-corrected chi connectivity index (χ0v) is 21.8. The standard InChI is InChI=1S/C26H31N5O2.HI/c1-2-27-26(29-17-23-19-33-25(30-23)21-10-4-3-5-11-21)28-15-8-13-24(32)31-16-14-20-9-6-7-12-22(20)18-31;/h3-7,9-12,19H,2,8,13-18H2,1H3,(H2,27,28,29);1H. The molecule has 1 amide bonds. The average molecular weight is 573 g/mol. The van der Waals surface area contributed by atoms with Gasteiger partial charge in [-0.2, -0.15) is 0 Å². The minimum absolute atomic E-state index is 0. The molecular formula is C26H32IN5O2. The zero-order chi connectivity index (χ0) is 22.9. The summed E-state index contributed by atoms with van der Waals surface area (Å²) in [6, 6.07) is 18.2. The van der Waals surface area contributed by atoms with Crippen LogP contribution < -0.4 is 10.6 Å². The molecule has 0 atom stereocenters. The van der Waals surface area contributed by atoms with E-state index in [2.05, 4.69) is 38.8 Å². The van der Waals surface area contributed by atoms with Crippen LogP contribution in [0.4, 0.5) is 0 Å². The van der Waals surface area contributed by atoms with Crippen molar-refractivity contribution in [3.63, 3.8) is 0 Å². The van der Waals surface area contributed by atoms with E-state index in [4.69, 9.17) is 4.42 Å². The number of nitrogens with zero attached hydrogens (tertiary/aromatic N) is 3. The summed E-state index contributed by atoms with van der Waals surface area (Å²) in [5.74, 6) is 1.52. The summed E-state index contributed by atoms with van der Waals surface area (Å²) in [5.41, 5.74) is 4.34. The number of carbonyl (C=O) groups excluding carboxylic acids is 1. The number of hydrogen-bond donors (Lipinski definition) is 2. The van der Waals surface area contributed by atoms with Gasteiger partial charge in [0.1, 0.15) is 12.0 Å². The number of guanidine groups is 1. The summed E-state index contributed by atoms with van der Waals surface area (Å²) < 4.78 is 5.58. The van der Waals surface area contributed by atoms with Gasteiger partial charge in [-0.05, 0) is 43.0 Å². The maximum atomic E-state index is 12.6. The highest BCUT2D eigenvalue weighted by Crippen LogP contribution is 2.19. The Morgan fingerprint density at radius 3 is 2.65 bits per heavy atom. The molecule has 0 aliphatic carbocycles. The number of nitrogens with one attached hydrogen (secondary N) is 2. The Balaban J connectivity index is 0.00000324. The number of benzene rings is 2. The van der Waals surface area contributed by atoms with E-state index in [9.17, 15) is 4.79 Å². The van der Waals surface area contributed by atoms with Crippen LogP contribution in [0.2, 0.25) is 0 Å². The van der Waals surface area contributed by atoms with Crippen LogP contribution >= 0.6 is 24.0 Å². The molecule has 4 rings (SSSR count). The lowest BCUT2D eigenvalue weighted by Gasteiger charge is -2.29. The number of halogens is 1. The van der Waals surface area contributed by atoms with Gasteiger partial charge in [0.2, 0.25) is 11.8 Å². The van der Waals surface area contributed by atoms with Crippen LogP contribution in [-0.4, -0.2) is 41.4 Å². The van der Waals surface area contributed by atoms with E-state index in [0.29, 0.717) is 31.4 Å². The summed E-state index contributed by atoms with van der Waals surface area (Å²) in [5, 5.41) is 6.55. The number of carbonyl (C=O) groups is 1. The molecule has 1 aromatic heterocycles. The summed E-state index contributed by atoms with van der Waals surface area (Å²) >= 11 is 0. The number of rotatable bonds is 8. The first-order valence-corrected chi connectivity index (χ1v) is 11.6. The highest BCUT2D eigenvalue weighted by atomic mass is 127. The fourth-order valence-electron chi connectivity index (χ4n) is 3.91. The van der Waals surface area contributed by atoms with Gasteiger partial charge in [0, 0.05) is 38.2 Å². The smallest absolute Gasteiger partial charge is 0.226 e. The Morgan fingerprint density at radius 1 is 1.09 bits per heavy atom. The van der Waals surface area contributed by atoms with E-state index >= 15 is 0 Å². The molecule has 0 saturated heterocycles. The SMILES string of the molecule is CCNC(=NCc1coc(-c2ccccc2)n1)NCCCC(=O)N1CCc2ccccc2C1.I. The van der Waals surface area contributed by atoms with E-state index in [1.807, 2.05) is 48.2 Å². The van der Waals surface area contributed by atoms with Crippen LogP contribution in [-0.2, 0) is 24.3 Å². The first-order chi connectivity index (χ1) is 16.2. The zero-order valence-electron chi connectivity index (χ0n) is 19.5. The van der Waals surface area contributed by atoms with Gasteiger partial charge < -0.3 is 20.0 Å².